The van der Waals surface area contributed by atoms with Gasteiger partial charge < -0.3 is 4.74 Å². The molecule has 3 aromatic rings. The summed E-state index contributed by atoms with van der Waals surface area (Å²) in [7, 11) is 1.63. The van der Waals surface area contributed by atoms with E-state index in [0.717, 1.165) is 28.1 Å². The average molecular weight is 281 g/mol. The lowest BCUT2D eigenvalue weighted by atomic mass is 10.1. The molecule has 0 saturated carbocycles. The molecule has 2 heterocycles. The van der Waals surface area contributed by atoms with Gasteiger partial charge in [0.2, 0.25) is 5.82 Å². The van der Waals surface area contributed by atoms with Gasteiger partial charge in [-0.1, -0.05) is 0 Å². The van der Waals surface area contributed by atoms with Crippen molar-refractivity contribution in [1.82, 2.24) is 9.38 Å². The number of methoxy groups -OCH3 is 1. The molecule has 0 N–H and O–H groups in total. The minimum Gasteiger partial charge on any atom is -0.497 e. The largest absolute Gasteiger partial charge is 0.497 e. The number of hydrogen-bond acceptors (Lipinski definition) is 4. The minimum absolute atomic E-state index is 0.318. The van der Waals surface area contributed by atoms with E-state index in [9.17, 15) is 4.91 Å². The number of fused-ring (bicyclic) bond motifs is 1. The molecule has 0 unspecified atom stereocenters. The topological polar surface area (TPSA) is 56.0 Å². The van der Waals surface area contributed by atoms with Crippen LogP contribution in [-0.4, -0.2) is 16.5 Å². The van der Waals surface area contributed by atoms with E-state index in [-0.39, 0.29) is 0 Å². The summed E-state index contributed by atoms with van der Waals surface area (Å²) in [5.74, 6) is 1.09. The Morgan fingerprint density at radius 1 is 1.19 bits per heavy atom. The Balaban J connectivity index is 2.27. The van der Waals surface area contributed by atoms with Gasteiger partial charge in [-0.25, -0.2) is 4.98 Å². The van der Waals surface area contributed by atoms with Crippen LogP contribution in [0.3, 0.4) is 0 Å². The molecule has 0 radical (unpaired) electrons. The van der Waals surface area contributed by atoms with Crippen molar-refractivity contribution in [3.05, 3.63) is 52.6 Å². The first-order valence-corrected chi connectivity index (χ1v) is 6.61. The number of hydrogen-bond donors (Lipinski definition) is 0. The number of rotatable bonds is 3. The van der Waals surface area contributed by atoms with Crippen LogP contribution >= 0.6 is 0 Å². The van der Waals surface area contributed by atoms with Gasteiger partial charge in [-0.05, 0) is 60.5 Å². The first-order valence-electron chi connectivity index (χ1n) is 6.61. The Morgan fingerprint density at radius 2 is 2.00 bits per heavy atom. The number of nitrogens with zero attached hydrogens (tertiary/aromatic N) is 3. The molecule has 1 aromatic carbocycles. The predicted molar refractivity (Wildman–Crippen MR) is 82.1 cm³/mol. The molecule has 0 aliphatic rings. The fourth-order valence-corrected chi connectivity index (χ4v) is 2.43. The maximum absolute atomic E-state index is 11.3. The molecule has 3 rings (SSSR count). The summed E-state index contributed by atoms with van der Waals surface area (Å²) in [4.78, 5) is 15.8. The minimum atomic E-state index is 0.318. The summed E-state index contributed by atoms with van der Waals surface area (Å²) in [5, 5.41) is 3.17. The van der Waals surface area contributed by atoms with Crippen molar-refractivity contribution in [2.45, 2.75) is 13.8 Å². The van der Waals surface area contributed by atoms with Crippen molar-refractivity contribution >= 4 is 11.5 Å². The van der Waals surface area contributed by atoms with Crippen molar-refractivity contribution in [3.63, 3.8) is 0 Å². The summed E-state index contributed by atoms with van der Waals surface area (Å²) in [6.45, 7) is 3.95. The van der Waals surface area contributed by atoms with Crippen LogP contribution in [0.5, 0.6) is 5.75 Å². The average Bonchev–Trinajstić information content (AvgIpc) is 2.84. The zero-order chi connectivity index (χ0) is 15.0. The molecule has 0 aliphatic carbocycles. The fourth-order valence-electron chi connectivity index (χ4n) is 2.43. The van der Waals surface area contributed by atoms with Crippen molar-refractivity contribution in [2.24, 2.45) is 5.18 Å². The van der Waals surface area contributed by atoms with Gasteiger partial charge in [0.25, 0.3) is 0 Å². The molecule has 2 aromatic heterocycles. The smallest absolute Gasteiger partial charge is 0.209 e. The van der Waals surface area contributed by atoms with Crippen LogP contribution in [0, 0.1) is 18.8 Å². The SMILES string of the molecule is COc1ccc(-c2nc3cc(C)ccn3c2N=O)c(C)c1. The van der Waals surface area contributed by atoms with Gasteiger partial charge in [-0.2, -0.15) is 0 Å². The van der Waals surface area contributed by atoms with Gasteiger partial charge in [0, 0.05) is 11.8 Å². The van der Waals surface area contributed by atoms with Crippen molar-refractivity contribution in [2.75, 3.05) is 7.11 Å². The van der Waals surface area contributed by atoms with Crippen LogP contribution in [0.2, 0.25) is 0 Å². The molecule has 106 valence electrons. The van der Waals surface area contributed by atoms with Crippen LogP contribution in [0.15, 0.2) is 41.7 Å². The third-order valence-corrected chi connectivity index (χ3v) is 3.53. The van der Waals surface area contributed by atoms with Crippen LogP contribution in [-0.2, 0) is 0 Å². The molecule has 0 fully saturated rings. The second-order valence-corrected chi connectivity index (χ2v) is 4.99. The van der Waals surface area contributed by atoms with Gasteiger partial charge in [0.15, 0.2) is 0 Å². The van der Waals surface area contributed by atoms with E-state index in [2.05, 4.69) is 10.2 Å². The van der Waals surface area contributed by atoms with Crippen LogP contribution in [0.25, 0.3) is 16.9 Å². The van der Waals surface area contributed by atoms with Crippen LogP contribution in [0.4, 0.5) is 5.82 Å². The van der Waals surface area contributed by atoms with Gasteiger partial charge in [-0.15, -0.1) is 4.91 Å². The number of benzene rings is 1. The predicted octanol–water partition coefficient (Wildman–Crippen LogP) is 4.02. The lowest BCUT2D eigenvalue weighted by molar-refractivity contribution is 0.414. The number of imidazole rings is 1. The molecule has 0 aliphatic heterocycles. The van der Waals surface area contributed by atoms with Crippen molar-refractivity contribution in [3.8, 4) is 17.0 Å². The summed E-state index contributed by atoms with van der Waals surface area (Å²) in [6, 6.07) is 9.52. The summed E-state index contributed by atoms with van der Waals surface area (Å²) < 4.78 is 6.91. The third kappa shape index (κ3) is 2.16. The maximum Gasteiger partial charge on any atom is 0.209 e. The lowest BCUT2D eigenvalue weighted by Crippen LogP contribution is -1.88. The molecule has 0 amide bonds. The number of ether oxygens (including phenoxy) is 1. The quantitative estimate of drug-likeness (QED) is 0.681. The number of pyridine rings is 1. The Hall–Kier alpha value is -2.69. The summed E-state index contributed by atoms with van der Waals surface area (Å²) in [6.07, 6.45) is 1.82. The van der Waals surface area contributed by atoms with Crippen molar-refractivity contribution < 1.29 is 4.74 Å². The highest BCUT2D eigenvalue weighted by atomic mass is 16.5. The fraction of sp³-hybridized carbons (Fsp3) is 0.188. The number of nitroso groups, excluding NO2 is 1. The second-order valence-electron chi connectivity index (χ2n) is 4.99. The van der Waals surface area contributed by atoms with Gasteiger partial charge in [0.1, 0.15) is 17.1 Å². The van der Waals surface area contributed by atoms with E-state index in [4.69, 9.17) is 4.74 Å². The van der Waals surface area contributed by atoms with E-state index >= 15 is 0 Å². The molecule has 0 saturated heterocycles. The van der Waals surface area contributed by atoms with E-state index in [1.54, 1.807) is 11.5 Å². The van der Waals surface area contributed by atoms with E-state index in [0.29, 0.717) is 11.5 Å². The summed E-state index contributed by atoms with van der Waals surface area (Å²) >= 11 is 0. The monoisotopic (exact) mass is 281 g/mol. The molecule has 5 nitrogen and oxygen atoms in total. The van der Waals surface area contributed by atoms with Gasteiger partial charge >= 0.3 is 0 Å². The highest BCUT2D eigenvalue weighted by Gasteiger charge is 2.16. The lowest BCUT2D eigenvalue weighted by Gasteiger charge is -2.06. The Kier molecular flexibility index (Phi) is 3.17. The summed E-state index contributed by atoms with van der Waals surface area (Å²) in [5.41, 5.74) is 4.26. The van der Waals surface area contributed by atoms with Gasteiger partial charge in [-0.3, -0.25) is 4.40 Å². The molecule has 0 spiro atoms. The Labute approximate surface area is 122 Å². The Bertz CT molecular complexity index is 837. The number of aromatic nitrogens is 2. The van der Waals surface area contributed by atoms with Crippen molar-refractivity contribution in [1.29, 1.82) is 0 Å². The van der Waals surface area contributed by atoms with Crippen LogP contribution in [0.1, 0.15) is 11.1 Å². The zero-order valence-corrected chi connectivity index (χ0v) is 12.1. The first kappa shape index (κ1) is 13.3. The van der Waals surface area contributed by atoms with E-state index < -0.39 is 0 Å². The van der Waals surface area contributed by atoms with Crippen LogP contribution < -0.4 is 4.74 Å². The normalized spacial score (nSPS) is 10.8. The second kappa shape index (κ2) is 5.01. The molecular formula is C16H15N3O2. The van der Waals surface area contributed by atoms with Gasteiger partial charge in [0.05, 0.1) is 7.11 Å². The molecule has 21 heavy (non-hydrogen) atoms. The Morgan fingerprint density at radius 3 is 2.67 bits per heavy atom. The standard InChI is InChI=1S/C16H15N3O2/c1-10-6-7-19-14(8-10)17-15(16(19)18-20)13-5-4-12(21-3)9-11(13)2/h4-9H,1-3H3. The highest BCUT2D eigenvalue weighted by Crippen LogP contribution is 2.34. The molecular weight excluding hydrogens is 266 g/mol. The van der Waals surface area contributed by atoms with E-state index in [1.165, 1.54) is 0 Å². The zero-order valence-electron chi connectivity index (χ0n) is 12.1. The number of aryl methyl sites for hydroxylation is 2. The molecule has 0 atom stereocenters. The molecule has 0 bridgehead atoms. The highest BCUT2D eigenvalue weighted by molar-refractivity contribution is 5.77. The van der Waals surface area contributed by atoms with E-state index in [1.807, 2.05) is 50.4 Å². The third-order valence-electron chi connectivity index (χ3n) is 3.53. The first-order chi connectivity index (χ1) is 10.1. The molecule has 5 heteroatoms. The maximum atomic E-state index is 11.3.